The Bertz CT molecular complexity index is 557. The summed E-state index contributed by atoms with van der Waals surface area (Å²) < 4.78 is 23.7. The second kappa shape index (κ2) is 7.22. The van der Waals surface area contributed by atoms with Crippen LogP contribution in [0.15, 0.2) is 18.2 Å². The van der Waals surface area contributed by atoms with Crippen LogP contribution in [0.4, 0.5) is 4.39 Å². The van der Waals surface area contributed by atoms with E-state index in [-0.39, 0.29) is 29.6 Å². The van der Waals surface area contributed by atoms with E-state index < -0.39 is 17.8 Å². The van der Waals surface area contributed by atoms with Crippen LogP contribution < -0.4 is 10.1 Å². The number of ether oxygens (including phenoxy) is 2. The second-order valence-electron chi connectivity index (χ2n) is 5.17. The molecule has 2 atom stereocenters. The van der Waals surface area contributed by atoms with Crippen molar-refractivity contribution in [1.82, 2.24) is 5.32 Å². The fourth-order valence-electron chi connectivity index (χ4n) is 2.38. The van der Waals surface area contributed by atoms with Crippen LogP contribution >= 0.6 is 0 Å². The molecule has 2 unspecified atom stereocenters. The Morgan fingerprint density at radius 1 is 1.55 bits per heavy atom. The number of carboxylic acids is 1. The molecule has 0 aromatic heterocycles. The molecule has 1 aliphatic heterocycles. The summed E-state index contributed by atoms with van der Waals surface area (Å²) in [6, 6.07) is 2.50. The number of nitrogens with one attached hydrogen (secondary N) is 1. The van der Waals surface area contributed by atoms with E-state index in [9.17, 15) is 19.1 Å². The van der Waals surface area contributed by atoms with E-state index in [0.29, 0.717) is 13.2 Å². The van der Waals surface area contributed by atoms with Gasteiger partial charge in [-0.15, -0.1) is 0 Å². The molecule has 1 aromatic rings. The summed E-state index contributed by atoms with van der Waals surface area (Å²) in [5.74, 6) is -2.20. The van der Waals surface area contributed by atoms with Crippen LogP contribution in [0.1, 0.15) is 24.4 Å². The van der Waals surface area contributed by atoms with Gasteiger partial charge in [0.25, 0.3) is 0 Å². The minimum absolute atomic E-state index is 0.0160. The average molecular weight is 311 g/mol. The number of carboxylic acid groups (broad SMARTS) is 1. The van der Waals surface area contributed by atoms with Crippen LogP contribution in [-0.2, 0) is 14.3 Å². The lowest BCUT2D eigenvalue weighted by molar-refractivity contribution is -0.142. The van der Waals surface area contributed by atoms with Crippen molar-refractivity contribution in [2.24, 2.45) is 5.92 Å². The first-order valence-corrected chi connectivity index (χ1v) is 6.94. The molecule has 0 radical (unpaired) electrons. The topological polar surface area (TPSA) is 84.9 Å². The summed E-state index contributed by atoms with van der Waals surface area (Å²) in [5.41, 5.74) is 0.154. The maximum absolute atomic E-state index is 13.7. The lowest BCUT2D eigenvalue weighted by Gasteiger charge is -2.17. The number of methoxy groups -OCH3 is 1. The van der Waals surface area contributed by atoms with E-state index >= 15 is 0 Å². The van der Waals surface area contributed by atoms with Gasteiger partial charge in [-0.1, -0.05) is 6.07 Å². The minimum atomic E-state index is -1.30. The zero-order valence-electron chi connectivity index (χ0n) is 12.2. The molecule has 2 N–H and O–H groups in total. The monoisotopic (exact) mass is 311 g/mol. The van der Waals surface area contributed by atoms with E-state index in [1.165, 1.54) is 19.2 Å². The van der Waals surface area contributed by atoms with Crippen LogP contribution in [-0.4, -0.2) is 37.3 Å². The van der Waals surface area contributed by atoms with E-state index in [2.05, 4.69) is 5.32 Å². The maximum Gasteiger partial charge on any atom is 0.330 e. The summed E-state index contributed by atoms with van der Waals surface area (Å²) in [5, 5.41) is 11.7. The van der Waals surface area contributed by atoms with Crippen molar-refractivity contribution in [3.05, 3.63) is 29.6 Å². The zero-order valence-corrected chi connectivity index (χ0v) is 12.2. The minimum Gasteiger partial charge on any atom is -0.494 e. The number of benzene rings is 1. The molecule has 22 heavy (non-hydrogen) atoms. The molecule has 0 saturated carbocycles. The maximum atomic E-state index is 13.7. The van der Waals surface area contributed by atoms with Gasteiger partial charge in [-0.2, -0.15) is 0 Å². The van der Waals surface area contributed by atoms with Crippen LogP contribution in [0.5, 0.6) is 5.75 Å². The Balaban J connectivity index is 2.07. The van der Waals surface area contributed by atoms with Gasteiger partial charge in [0.15, 0.2) is 17.6 Å². The summed E-state index contributed by atoms with van der Waals surface area (Å²) in [6.45, 7) is 1.12. The van der Waals surface area contributed by atoms with Gasteiger partial charge >= 0.3 is 5.97 Å². The lowest BCUT2D eigenvalue weighted by Crippen LogP contribution is -2.34. The van der Waals surface area contributed by atoms with Crippen molar-refractivity contribution in [3.63, 3.8) is 0 Å². The van der Waals surface area contributed by atoms with Gasteiger partial charge in [0.05, 0.1) is 7.11 Å². The van der Waals surface area contributed by atoms with Gasteiger partial charge in [-0.05, 0) is 30.0 Å². The number of carbonyl (C=O) groups is 2. The van der Waals surface area contributed by atoms with Gasteiger partial charge in [0.2, 0.25) is 5.91 Å². The number of amides is 1. The first-order chi connectivity index (χ1) is 10.5. The summed E-state index contributed by atoms with van der Waals surface area (Å²) >= 11 is 0. The van der Waals surface area contributed by atoms with Crippen molar-refractivity contribution < 1.29 is 28.6 Å². The Morgan fingerprint density at radius 3 is 2.86 bits per heavy atom. The normalized spacial score (nSPS) is 18.7. The third-order valence-electron chi connectivity index (χ3n) is 3.56. The molecular weight excluding hydrogens is 293 g/mol. The van der Waals surface area contributed by atoms with E-state index in [4.69, 9.17) is 9.47 Å². The fourth-order valence-corrected chi connectivity index (χ4v) is 2.38. The number of halogens is 1. The Labute approximate surface area is 127 Å². The highest BCUT2D eigenvalue weighted by molar-refractivity contribution is 5.84. The van der Waals surface area contributed by atoms with Crippen molar-refractivity contribution in [2.45, 2.75) is 18.9 Å². The molecule has 6 nitrogen and oxygen atoms in total. The van der Waals surface area contributed by atoms with Crippen LogP contribution in [0.3, 0.4) is 0 Å². The van der Waals surface area contributed by atoms with E-state index in [0.717, 1.165) is 12.5 Å². The van der Waals surface area contributed by atoms with Gasteiger partial charge in [-0.3, -0.25) is 4.79 Å². The number of rotatable bonds is 6. The molecule has 1 fully saturated rings. The lowest BCUT2D eigenvalue weighted by atomic mass is 10.0. The molecule has 1 aliphatic rings. The molecular formula is C15H18FNO5. The van der Waals surface area contributed by atoms with Gasteiger partial charge < -0.3 is 19.9 Å². The average Bonchev–Trinajstić information content (AvgIpc) is 2.97. The van der Waals surface area contributed by atoms with Gasteiger partial charge in [0, 0.05) is 19.6 Å². The zero-order chi connectivity index (χ0) is 16.1. The molecule has 1 aromatic carbocycles. The Morgan fingerprint density at radius 2 is 2.32 bits per heavy atom. The van der Waals surface area contributed by atoms with Crippen molar-refractivity contribution >= 4 is 11.9 Å². The van der Waals surface area contributed by atoms with E-state index in [1.807, 2.05) is 0 Å². The molecule has 2 rings (SSSR count). The van der Waals surface area contributed by atoms with Crippen molar-refractivity contribution in [3.8, 4) is 5.75 Å². The molecule has 120 valence electrons. The predicted molar refractivity (Wildman–Crippen MR) is 75.0 cm³/mol. The molecule has 1 amide bonds. The number of hydrogen-bond acceptors (Lipinski definition) is 4. The largest absolute Gasteiger partial charge is 0.494 e. The van der Waals surface area contributed by atoms with Gasteiger partial charge in [-0.25, -0.2) is 9.18 Å². The van der Waals surface area contributed by atoms with Crippen molar-refractivity contribution in [1.29, 1.82) is 0 Å². The molecule has 0 bridgehead atoms. The molecule has 1 heterocycles. The Kier molecular flexibility index (Phi) is 5.32. The van der Waals surface area contributed by atoms with Crippen molar-refractivity contribution in [2.75, 3.05) is 20.3 Å². The third-order valence-corrected chi connectivity index (χ3v) is 3.56. The number of carbonyl (C=O) groups excluding carboxylic acids is 1. The fraction of sp³-hybridized carbons (Fsp3) is 0.467. The quantitative estimate of drug-likeness (QED) is 0.831. The Hall–Kier alpha value is -2.15. The molecule has 0 spiro atoms. The third kappa shape index (κ3) is 3.94. The summed E-state index contributed by atoms with van der Waals surface area (Å²) in [6.07, 6.45) is 0.977. The van der Waals surface area contributed by atoms with Gasteiger partial charge in [0.1, 0.15) is 0 Å². The number of aliphatic carboxylic acids is 1. The van der Waals surface area contributed by atoms with E-state index in [1.54, 1.807) is 0 Å². The summed E-state index contributed by atoms with van der Waals surface area (Å²) in [7, 11) is 1.32. The number of hydrogen-bond donors (Lipinski definition) is 2. The smallest absolute Gasteiger partial charge is 0.330 e. The first-order valence-electron chi connectivity index (χ1n) is 6.94. The summed E-state index contributed by atoms with van der Waals surface area (Å²) in [4.78, 5) is 23.3. The van der Waals surface area contributed by atoms with Crippen LogP contribution in [0.2, 0.25) is 0 Å². The predicted octanol–water partition coefficient (Wildman–Crippen LogP) is 1.50. The van der Waals surface area contributed by atoms with Crippen LogP contribution in [0, 0.1) is 11.7 Å². The van der Waals surface area contributed by atoms with Crippen LogP contribution in [0.25, 0.3) is 0 Å². The molecule has 1 saturated heterocycles. The molecule has 0 aliphatic carbocycles. The molecule has 7 heteroatoms. The highest BCUT2D eigenvalue weighted by atomic mass is 19.1. The highest BCUT2D eigenvalue weighted by Crippen LogP contribution is 2.23. The SMILES string of the molecule is COc1ccc(C(NC(=O)CC2CCOC2)C(=O)O)cc1F. The standard InChI is InChI=1S/C15H18FNO5/c1-21-12-3-2-10(7-11(12)16)14(15(19)20)17-13(18)6-9-4-5-22-8-9/h2-3,7,9,14H,4-6,8H2,1H3,(H,17,18)(H,19,20). The second-order valence-corrected chi connectivity index (χ2v) is 5.17. The first kappa shape index (κ1) is 16.2. The highest BCUT2D eigenvalue weighted by Gasteiger charge is 2.26.